The largest absolute Gasteiger partial charge is 0.476 e. The van der Waals surface area contributed by atoms with Gasteiger partial charge in [0.1, 0.15) is 6.07 Å². The molecule has 0 aliphatic rings. The molecule has 1 aromatic rings. The Morgan fingerprint density at radius 2 is 2.25 bits per heavy atom. The summed E-state index contributed by atoms with van der Waals surface area (Å²) in [7, 11) is 0. The Bertz CT molecular complexity index is 385. The highest BCUT2D eigenvalue weighted by Crippen LogP contribution is 2.18. The maximum Gasteiger partial charge on any atom is 0.174 e. The van der Waals surface area contributed by atoms with Crippen molar-refractivity contribution in [3.8, 4) is 11.8 Å². The van der Waals surface area contributed by atoms with Gasteiger partial charge in [0, 0.05) is 12.6 Å². The van der Waals surface area contributed by atoms with Crippen molar-refractivity contribution in [3.63, 3.8) is 0 Å². The number of nitriles is 1. The number of hydrogen-bond acceptors (Lipinski definition) is 3. The predicted octanol–water partition coefficient (Wildman–Crippen LogP) is 2.23. The van der Waals surface area contributed by atoms with E-state index in [4.69, 9.17) is 10.00 Å². The fourth-order valence-corrected chi connectivity index (χ4v) is 1.20. The van der Waals surface area contributed by atoms with Crippen LogP contribution in [0, 0.1) is 17.1 Å². The number of benzene rings is 1. The number of halogens is 1. The van der Waals surface area contributed by atoms with Gasteiger partial charge in [0.25, 0.3) is 0 Å². The van der Waals surface area contributed by atoms with Gasteiger partial charge in [-0.05, 0) is 17.7 Å². The topological polar surface area (TPSA) is 45.0 Å². The van der Waals surface area contributed by atoms with Gasteiger partial charge in [0.2, 0.25) is 0 Å². The van der Waals surface area contributed by atoms with Crippen LogP contribution in [0.15, 0.2) is 18.2 Å². The van der Waals surface area contributed by atoms with Crippen molar-refractivity contribution in [1.82, 2.24) is 5.32 Å². The van der Waals surface area contributed by atoms with Crippen molar-refractivity contribution in [2.45, 2.75) is 26.4 Å². The molecule has 0 radical (unpaired) electrons. The summed E-state index contributed by atoms with van der Waals surface area (Å²) in [5, 5.41) is 11.5. The summed E-state index contributed by atoms with van der Waals surface area (Å²) in [5.41, 5.74) is 0.857. The molecule has 0 atom stereocenters. The van der Waals surface area contributed by atoms with Crippen LogP contribution in [0.5, 0.6) is 5.75 Å². The van der Waals surface area contributed by atoms with Crippen LogP contribution >= 0.6 is 0 Å². The van der Waals surface area contributed by atoms with Gasteiger partial charge in [-0.15, -0.1) is 0 Å². The molecule has 0 saturated heterocycles. The standard InChI is InChI=1S/C12H15FN2O/c1-9(2)15-8-10-3-4-12(11(13)7-10)16-6-5-14/h3-4,7,9,15H,6,8H2,1-2H3. The van der Waals surface area contributed by atoms with Crippen LogP contribution in [0.3, 0.4) is 0 Å². The van der Waals surface area contributed by atoms with Crippen LogP contribution < -0.4 is 10.1 Å². The van der Waals surface area contributed by atoms with E-state index >= 15 is 0 Å². The first-order valence-corrected chi connectivity index (χ1v) is 5.15. The molecule has 0 bridgehead atoms. The molecule has 0 heterocycles. The lowest BCUT2D eigenvalue weighted by molar-refractivity contribution is 0.346. The van der Waals surface area contributed by atoms with E-state index in [1.54, 1.807) is 18.2 Å². The third-order valence-electron chi connectivity index (χ3n) is 2.00. The molecule has 1 N–H and O–H groups in total. The van der Waals surface area contributed by atoms with Gasteiger partial charge < -0.3 is 10.1 Å². The second kappa shape index (κ2) is 6.09. The molecular weight excluding hydrogens is 207 g/mol. The van der Waals surface area contributed by atoms with Gasteiger partial charge in [-0.25, -0.2) is 4.39 Å². The molecule has 3 nitrogen and oxygen atoms in total. The first kappa shape index (κ1) is 12.5. The molecule has 1 aromatic carbocycles. The Morgan fingerprint density at radius 3 is 2.81 bits per heavy atom. The minimum Gasteiger partial charge on any atom is -0.476 e. The van der Waals surface area contributed by atoms with Gasteiger partial charge in [0.05, 0.1) is 0 Å². The summed E-state index contributed by atoms with van der Waals surface area (Å²) in [4.78, 5) is 0. The number of nitrogens with one attached hydrogen (secondary N) is 1. The molecule has 86 valence electrons. The number of ether oxygens (including phenoxy) is 1. The monoisotopic (exact) mass is 222 g/mol. The quantitative estimate of drug-likeness (QED) is 0.830. The highest BCUT2D eigenvalue weighted by Gasteiger charge is 2.04. The van der Waals surface area contributed by atoms with E-state index in [-0.39, 0.29) is 12.4 Å². The van der Waals surface area contributed by atoms with Gasteiger partial charge in [0.15, 0.2) is 18.2 Å². The predicted molar refractivity (Wildman–Crippen MR) is 59.5 cm³/mol. The van der Waals surface area contributed by atoms with Gasteiger partial charge in [-0.1, -0.05) is 19.9 Å². The molecule has 4 heteroatoms. The maximum absolute atomic E-state index is 13.4. The van der Waals surface area contributed by atoms with Gasteiger partial charge in [-0.3, -0.25) is 0 Å². The molecule has 0 unspecified atom stereocenters. The lowest BCUT2D eigenvalue weighted by atomic mass is 10.2. The van der Waals surface area contributed by atoms with Crippen molar-refractivity contribution < 1.29 is 9.13 Å². The van der Waals surface area contributed by atoms with Crippen molar-refractivity contribution in [1.29, 1.82) is 5.26 Å². The Balaban J connectivity index is 2.64. The SMILES string of the molecule is CC(C)NCc1ccc(OCC#N)c(F)c1. The van der Waals surface area contributed by atoms with Crippen LogP contribution in [0.2, 0.25) is 0 Å². The van der Waals surface area contributed by atoms with Crippen molar-refractivity contribution in [3.05, 3.63) is 29.6 Å². The van der Waals surface area contributed by atoms with Crippen LogP contribution in [-0.4, -0.2) is 12.6 Å². The summed E-state index contributed by atoms with van der Waals surface area (Å²) in [6, 6.07) is 6.90. The lowest BCUT2D eigenvalue weighted by Gasteiger charge is -2.09. The number of rotatable bonds is 5. The average Bonchev–Trinajstić information content (AvgIpc) is 2.25. The number of hydrogen-bond donors (Lipinski definition) is 1. The highest BCUT2D eigenvalue weighted by molar-refractivity contribution is 5.29. The molecule has 0 amide bonds. The number of nitrogens with zero attached hydrogens (tertiary/aromatic N) is 1. The maximum atomic E-state index is 13.4. The molecule has 0 aromatic heterocycles. The highest BCUT2D eigenvalue weighted by atomic mass is 19.1. The van der Waals surface area contributed by atoms with Gasteiger partial charge in [-0.2, -0.15) is 5.26 Å². The molecule has 16 heavy (non-hydrogen) atoms. The van der Waals surface area contributed by atoms with Gasteiger partial charge >= 0.3 is 0 Å². The van der Waals surface area contributed by atoms with E-state index in [1.807, 2.05) is 13.8 Å². The van der Waals surface area contributed by atoms with Crippen LogP contribution in [0.4, 0.5) is 4.39 Å². The third-order valence-corrected chi connectivity index (χ3v) is 2.00. The molecule has 0 fully saturated rings. The Hall–Kier alpha value is -1.60. The zero-order valence-corrected chi connectivity index (χ0v) is 9.46. The average molecular weight is 222 g/mol. The van der Waals surface area contributed by atoms with E-state index in [1.165, 1.54) is 6.07 Å². The molecule has 0 aliphatic heterocycles. The van der Waals surface area contributed by atoms with Crippen LogP contribution in [0.1, 0.15) is 19.4 Å². The fourth-order valence-electron chi connectivity index (χ4n) is 1.20. The summed E-state index contributed by atoms with van der Waals surface area (Å²) in [5.74, 6) is -0.312. The fraction of sp³-hybridized carbons (Fsp3) is 0.417. The molecule has 0 saturated carbocycles. The van der Waals surface area contributed by atoms with Crippen LogP contribution in [-0.2, 0) is 6.54 Å². The Labute approximate surface area is 94.8 Å². The first-order chi connectivity index (χ1) is 7.63. The van der Waals surface area contributed by atoms with Crippen LogP contribution in [0.25, 0.3) is 0 Å². The second-order valence-electron chi connectivity index (χ2n) is 3.75. The van der Waals surface area contributed by atoms with E-state index in [2.05, 4.69) is 5.32 Å². The summed E-state index contributed by atoms with van der Waals surface area (Å²) >= 11 is 0. The minimum atomic E-state index is -0.432. The Kier molecular flexibility index (Phi) is 4.74. The van der Waals surface area contributed by atoms with E-state index in [9.17, 15) is 4.39 Å². The smallest absolute Gasteiger partial charge is 0.174 e. The Morgan fingerprint density at radius 1 is 1.50 bits per heavy atom. The van der Waals surface area contributed by atoms with Crippen molar-refractivity contribution >= 4 is 0 Å². The molecular formula is C12H15FN2O. The molecule has 0 aliphatic carbocycles. The molecule has 1 rings (SSSR count). The lowest BCUT2D eigenvalue weighted by Crippen LogP contribution is -2.21. The summed E-state index contributed by atoms with van der Waals surface area (Å²) in [6.45, 7) is 4.54. The zero-order chi connectivity index (χ0) is 12.0. The van der Waals surface area contributed by atoms with E-state index in [0.29, 0.717) is 12.6 Å². The minimum absolute atomic E-state index is 0.120. The normalized spacial score (nSPS) is 10.2. The van der Waals surface area contributed by atoms with Crippen molar-refractivity contribution in [2.24, 2.45) is 0 Å². The van der Waals surface area contributed by atoms with Crippen molar-refractivity contribution in [2.75, 3.05) is 6.61 Å². The summed E-state index contributed by atoms with van der Waals surface area (Å²) in [6.07, 6.45) is 0. The first-order valence-electron chi connectivity index (χ1n) is 5.15. The third kappa shape index (κ3) is 3.87. The summed E-state index contributed by atoms with van der Waals surface area (Å²) < 4.78 is 18.3. The zero-order valence-electron chi connectivity index (χ0n) is 9.46. The van der Waals surface area contributed by atoms with E-state index in [0.717, 1.165) is 5.56 Å². The molecule has 0 spiro atoms. The van der Waals surface area contributed by atoms with E-state index < -0.39 is 5.82 Å². The second-order valence-corrected chi connectivity index (χ2v) is 3.75.